The number of hydrogen-bond donors (Lipinski definition) is 1. The number of aryl methyl sites for hydroxylation is 1. The van der Waals surface area contributed by atoms with Crippen LogP contribution in [0.5, 0.6) is 5.75 Å². The summed E-state index contributed by atoms with van der Waals surface area (Å²) in [6.07, 6.45) is 2.32. The lowest BCUT2D eigenvalue weighted by Crippen LogP contribution is -1.91. The third-order valence-electron chi connectivity index (χ3n) is 1.95. The van der Waals surface area contributed by atoms with E-state index in [1.165, 1.54) is 12.0 Å². The summed E-state index contributed by atoms with van der Waals surface area (Å²) in [6.45, 7) is 4.45. The zero-order valence-electron chi connectivity index (χ0n) is 9.13. The predicted molar refractivity (Wildman–Crippen MR) is 58.3 cm³/mol. The summed E-state index contributed by atoms with van der Waals surface area (Å²) in [7, 11) is 0.500. The summed E-state index contributed by atoms with van der Waals surface area (Å²) in [5, 5.41) is 9.03. The van der Waals surface area contributed by atoms with Gasteiger partial charge in [-0.1, -0.05) is 26.0 Å². The third kappa shape index (κ3) is 5.57. The SMILES string of the molecule is CC(C)CCc1ccc(O)cc1.CF. The Hall–Kier alpha value is -1.05. The Labute approximate surface area is 85.6 Å². The van der Waals surface area contributed by atoms with Crippen LogP contribution in [-0.4, -0.2) is 12.3 Å². The highest BCUT2D eigenvalue weighted by molar-refractivity contribution is 5.25. The molecule has 0 aliphatic heterocycles. The summed E-state index contributed by atoms with van der Waals surface area (Å²) in [6, 6.07) is 7.46. The molecule has 0 aromatic heterocycles. The fraction of sp³-hybridized carbons (Fsp3) is 0.500. The molecule has 0 heterocycles. The number of hydrogen-bond acceptors (Lipinski definition) is 1. The minimum absolute atomic E-state index is 0.350. The van der Waals surface area contributed by atoms with Crippen molar-refractivity contribution in [1.82, 2.24) is 0 Å². The molecule has 1 aromatic carbocycles. The highest BCUT2D eigenvalue weighted by Crippen LogP contribution is 2.13. The van der Waals surface area contributed by atoms with Crippen molar-refractivity contribution in [3.8, 4) is 5.75 Å². The molecule has 0 aliphatic carbocycles. The van der Waals surface area contributed by atoms with E-state index in [1.807, 2.05) is 12.1 Å². The zero-order valence-corrected chi connectivity index (χ0v) is 9.13. The molecule has 0 aliphatic rings. The van der Waals surface area contributed by atoms with Crippen LogP contribution < -0.4 is 0 Å². The molecule has 0 saturated heterocycles. The average molecular weight is 198 g/mol. The number of phenols is 1. The molecular formula is C12H19FO. The quantitative estimate of drug-likeness (QED) is 0.787. The average Bonchev–Trinajstić information content (AvgIpc) is 2.20. The Balaban J connectivity index is 0.000000791. The summed E-state index contributed by atoms with van der Waals surface area (Å²) in [4.78, 5) is 0. The number of aromatic hydroxyl groups is 1. The lowest BCUT2D eigenvalue weighted by Gasteiger charge is -2.04. The van der Waals surface area contributed by atoms with E-state index in [-0.39, 0.29) is 0 Å². The molecule has 0 saturated carbocycles. The monoisotopic (exact) mass is 198 g/mol. The maximum absolute atomic E-state index is 9.50. The van der Waals surface area contributed by atoms with Gasteiger partial charge in [-0.05, 0) is 36.5 Å². The molecule has 0 amide bonds. The normalized spacial score (nSPS) is 9.50. The largest absolute Gasteiger partial charge is 0.508 e. The van der Waals surface area contributed by atoms with Crippen LogP contribution in [0.25, 0.3) is 0 Å². The maximum Gasteiger partial charge on any atom is 0.115 e. The standard InChI is InChI=1S/C11H16O.CH3F/c1-9(2)3-4-10-5-7-11(12)8-6-10;1-2/h5-9,12H,3-4H2,1-2H3;1H3. The summed E-state index contributed by atoms with van der Waals surface area (Å²) >= 11 is 0. The topological polar surface area (TPSA) is 20.2 Å². The number of rotatable bonds is 3. The van der Waals surface area contributed by atoms with Gasteiger partial charge in [0.2, 0.25) is 0 Å². The molecule has 2 heteroatoms. The highest BCUT2D eigenvalue weighted by atomic mass is 19.1. The van der Waals surface area contributed by atoms with Crippen LogP contribution in [0.2, 0.25) is 0 Å². The van der Waals surface area contributed by atoms with Gasteiger partial charge in [0.25, 0.3) is 0 Å². The van der Waals surface area contributed by atoms with Gasteiger partial charge < -0.3 is 5.11 Å². The first-order valence-corrected chi connectivity index (χ1v) is 4.84. The minimum atomic E-state index is 0.350. The van der Waals surface area contributed by atoms with E-state index in [9.17, 15) is 4.39 Å². The summed E-state index contributed by atoms with van der Waals surface area (Å²) in [5.74, 6) is 1.10. The van der Waals surface area contributed by atoms with Gasteiger partial charge in [0, 0.05) is 0 Å². The lowest BCUT2D eigenvalue weighted by molar-refractivity contribution is 0.475. The molecule has 80 valence electrons. The van der Waals surface area contributed by atoms with Gasteiger partial charge in [0.1, 0.15) is 5.75 Å². The first-order valence-electron chi connectivity index (χ1n) is 4.84. The fourth-order valence-corrected chi connectivity index (χ4v) is 1.12. The van der Waals surface area contributed by atoms with Crippen molar-refractivity contribution in [2.75, 3.05) is 7.18 Å². The molecule has 0 bridgehead atoms. The lowest BCUT2D eigenvalue weighted by atomic mass is 10.0. The molecule has 14 heavy (non-hydrogen) atoms. The highest BCUT2D eigenvalue weighted by Gasteiger charge is 1.96. The van der Waals surface area contributed by atoms with E-state index < -0.39 is 0 Å². The first kappa shape index (κ1) is 12.9. The molecule has 0 spiro atoms. The fourth-order valence-electron chi connectivity index (χ4n) is 1.12. The molecule has 0 unspecified atom stereocenters. The van der Waals surface area contributed by atoms with Gasteiger partial charge in [-0.3, -0.25) is 4.39 Å². The molecule has 1 aromatic rings. The number of halogens is 1. The van der Waals surface area contributed by atoms with Crippen LogP contribution in [0.4, 0.5) is 4.39 Å². The van der Waals surface area contributed by atoms with Gasteiger partial charge in [0.15, 0.2) is 0 Å². The van der Waals surface area contributed by atoms with Gasteiger partial charge in [-0.15, -0.1) is 0 Å². The molecule has 0 fully saturated rings. The summed E-state index contributed by atoms with van der Waals surface area (Å²) < 4.78 is 9.50. The second-order valence-corrected chi connectivity index (χ2v) is 3.60. The molecule has 1 nitrogen and oxygen atoms in total. The van der Waals surface area contributed by atoms with E-state index in [0.717, 1.165) is 12.3 Å². The Bertz CT molecular complexity index is 229. The number of benzene rings is 1. The minimum Gasteiger partial charge on any atom is -0.508 e. The maximum atomic E-state index is 9.50. The first-order chi connectivity index (χ1) is 6.68. The van der Waals surface area contributed by atoms with Crippen LogP contribution in [0.3, 0.4) is 0 Å². The van der Waals surface area contributed by atoms with Crippen molar-refractivity contribution in [2.24, 2.45) is 5.92 Å². The van der Waals surface area contributed by atoms with Gasteiger partial charge >= 0.3 is 0 Å². The van der Waals surface area contributed by atoms with E-state index in [4.69, 9.17) is 5.11 Å². The van der Waals surface area contributed by atoms with Crippen molar-refractivity contribution >= 4 is 0 Å². The Morgan fingerprint density at radius 2 is 1.64 bits per heavy atom. The molecule has 0 radical (unpaired) electrons. The summed E-state index contributed by atoms with van der Waals surface area (Å²) in [5.41, 5.74) is 1.31. The van der Waals surface area contributed by atoms with Crippen LogP contribution >= 0.6 is 0 Å². The Morgan fingerprint density at radius 1 is 1.14 bits per heavy atom. The third-order valence-corrected chi connectivity index (χ3v) is 1.95. The van der Waals surface area contributed by atoms with Crippen molar-refractivity contribution in [3.63, 3.8) is 0 Å². The van der Waals surface area contributed by atoms with Crippen LogP contribution in [0.15, 0.2) is 24.3 Å². The van der Waals surface area contributed by atoms with E-state index in [0.29, 0.717) is 12.9 Å². The van der Waals surface area contributed by atoms with Crippen LogP contribution in [0.1, 0.15) is 25.8 Å². The molecule has 1 rings (SSSR count). The van der Waals surface area contributed by atoms with Gasteiger partial charge in [-0.2, -0.15) is 0 Å². The van der Waals surface area contributed by atoms with Crippen LogP contribution in [-0.2, 0) is 6.42 Å². The van der Waals surface area contributed by atoms with E-state index in [1.54, 1.807) is 12.1 Å². The van der Waals surface area contributed by atoms with Crippen molar-refractivity contribution < 1.29 is 9.50 Å². The second kappa shape index (κ2) is 7.36. The van der Waals surface area contributed by atoms with Crippen LogP contribution in [0, 0.1) is 5.92 Å². The molecule has 1 N–H and O–H groups in total. The number of phenolic OH excluding ortho intramolecular Hbond substituents is 1. The van der Waals surface area contributed by atoms with Crippen molar-refractivity contribution in [1.29, 1.82) is 0 Å². The van der Waals surface area contributed by atoms with Gasteiger partial charge in [0.05, 0.1) is 7.18 Å². The van der Waals surface area contributed by atoms with Gasteiger partial charge in [-0.25, -0.2) is 0 Å². The Morgan fingerprint density at radius 3 is 2.07 bits per heavy atom. The Kier molecular flexibility index (Phi) is 6.81. The van der Waals surface area contributed by atoms with Crippen molar-refractivity contribution in [3.05, 3.63) is 29.8 Å². The zero-order chi connectivity index (χ0) is 11.0. The second-order valence-electron chi connectivity index (χ2n) is 3.60. The smallest absolute Gasteiger partial charge is 0.115 e. The molecule has 0 atom stereocenters. The molecular weight excluding hydrogens is 179 g/mol. The van der Waals surface area contributed by atoms with E-state index in [2.05, 4.69) is 13.8 Å². The van der Waals surface area contributed by atoms with Crippen molar-refractivity contribution in [2.45, 2.75) is 26.7 Å². The number of alkyl halides is 1. The predicted octanol–water partition coefficient (Wildman–Crippen LogP) is 3.57. The van der Waals surface area contributed by atoms with E-state index >= 15 is 0 Å².